The molecule has 0 aliphatic carbocycles. The minimum absolute atomic E-state index is 0.301. The lowest BCUT2D eigenvalue weighted by molar-refractivity contribution is 0.209. The normalized spacial score (nSPS) is 13.8. The first-order valence-electron chi connectivity index (χ1n) is 6.16. The third-order valence-electron chi connectivity index (χ3n) is 2.52. The van der Waals surface area contributed by atoms with Crippen LogP contribution in [-0.4, -0.2) is 48.8 Å². The summed E-state index contributed by atoms with van der Waals surface area (Å²) in [6.07, 6.45) is 0.887. The van der Waals surface area contributed by atoms with Crippen molar-refractivity contribution in [2.24, 2.45) is 5.92 Å². The first-order chi connectivity index (χ1) is 7.10. The predicted molar refractivity (Wildman–Crippen MR) is 66.1 cm³/mol. The zero-order valence-electron chi connectivity index (χ0n) is 10.8. The maximum Gasteiger partial charge on any atom is 0.0443 e. The number of aliphatic hydroxyl groups excluding tert-OH is 1. The van der Waals surface area contributed by atoms with Gasteiger partial charge in [0.2, 0.25) is 0 Å². The van der Waals surface area contributed by atoms with Crippen LogP contribution in [0.25, 0.3) is 0 Å². The summed E-state index contributed by atoms with van der Waals surface area (Å²) in [5.41, 5.74) is 0. The molecular formula is C12H28N2O. The van der Waals surface area contributed by atoms with Crippen LogP contribution in [0, 0.1) is 5.92 Å². The Labute approximate surface area is 94.9 Å². The molecule has 92 valence electrons. The summed E-state index contributed by atoms with van der Waals surface area (Å²) in [4.78, 5) is 2.41. The Morgan fingerprint density at radius 2 is 1.93 bits per heavy atom. The van der Waals surface area contributed by atoms with Crippen LogP contribution in [0.1, 0.15) is 34.1 Å². The van der Waals surface area contributed by atoms with E-state index in [0.717, 1.165) is 32.6 Å². The maximum atomic E-state index is 8.78. The van der Waals surface area contributed by atoms with E-state index in [-0.39, 0.29) is 0 Å². The minimum Gasteiger partial charge on any atom is -0.396 e. The molecule has 3 nitrogen and oxygen atoms in total. The van der Waals surface area contributed by atoms with Crippen LogP contribution < -0.4 is 5.32 Å². The Morgan fingerprint density at radius 1 is 1.27 bits per heavy atom. The summed E-state index contributed by atoms with van der Waals surface area (Å²) in [6, 6.07) is 0.569. The Balaban J connectivity index is 3.64. The second kappa shape index (κ2) is 9.13. The van der Waals surface area contributed by atoms with Gasteiger partial charge in [0.05, 0.1) is 0 Å². The zero-order chi connectivity index (χ0) is 11.7. The van der Waals surface area contributed by atoms with Crippen molar-refractivity contribution < 1.29 is 5.11 Å². The summed E-state index contributed by atoms with van der Waals surface area (Å²) in [7, 11) is 0. The van der Waals surface area contributed by atoms with Gasteiger partial charge in [0.25, 0.3) is 0 Å². The monoisotopic (exact) mass is 216 g/mol. The van der Waals surface area contributed by atoms with Crippen molar-refractivity contribution in [2.75, 3.05) is 32.8 Å². The van der Waals surface area contributed by atoms with Gasteiger partial charge in [-0.05, 0) is 25.4 Å². The summed E-state index contributed by atoms with van der Waals surface area (Å²) < 4.78 is 0. The molecule has 0 aromatic carbocycles. The molecule has 3 heteroatoms. The summed E-state index contributed by atoms with van der Waals surface area (Å²) in [5.74, 6) is 0.672. The van der Waals surface area contributed by atoms with Gasteiger partial charge in [-0.1, -0.05) is 27.7 Å². The first-order valence-corrected chi connectivity index (χ1v) is 6.16. The van der Waals surface area contributed by atoms with Gasteiger partial charge in [-0.2, -0.15) is 0 Å². The van der Waals surface area contributed by atoms with Crippen LogP contribution in [0.4, 0.5) is 0 Å². The highest BCUT2D eigenvalue weighted by Crippen LogP contribution is 2.00. The summed E-state index contributed by atoms with van der Waals surface area (Å²) >= 11 is 0. The molecule has 0 aliphatic rings. The van der Waals surface area contributed by atoms with E-state index < -0.39 is 0 Å². The number of nitrogens with one attached hydrogen (secondary N) is 1. The molecule has 0 fully saturated rings. The van der Waals surface area contributed by atoms with E-state index >= 15 is 0 Å². The number of rotatable bonds is 9. The first kappa shape index (κ1) is 14.9. The van der Waals surface area contributed by atoms with E-state index in [0.29, 0.717) is 18.6 Å². The third-order valence-corrected chi connectivity index (χ3v) is 2.52. The van der Waals surface area contributed by atoms with Crippen molar-refractivity contribution in [2.45, 2.75) is 40.2 Å². The molecule has 2 N–H and O–H groups in total. The van der Waals surface area contributed by atoms with Gasteiger partial charge in [0, 0.05) is 25.7 Å². The molecule has 0 saturated heterocycles. The van der Waals surface area contributed by atoms with Gasteiger partial charge >= 0.3 is 0 Å². The molecule has 0 aliphatic heterocycles. The van der Waals surface area contributed by atoms with Gasteiger partial charge in [-0.3, -0.25) is 0 Å². The molecule has 0 amide bonds. The van der Waals surface area contributed by atoms with Gasteiger partial charge in [0.1, 0.15) is 0 Å². The number of nitrogens with zero attached hydrogens (tertiary/aromatic N) is 1. The smallest absolute Gasteiger partial charge is 0.0443 e. The average Bonchev–Trinajstić information content (AvgIpc) is 2.21. The second-order valence-corrected chi connectivity index (χ2v) is 4.64. The lowest BCUT2D eigenvalue weighted by Crippen LogP contribution is -2.36. The molecule has 0 aromatic heterocycles. The van der Waals surface area contributed by atoms with Crippen molar-refractivity contribution >= 4 is 0 Å². The fraction of sp³-hybridized carbons (Fsp3) is 1.00. The zero-order valence-corrected chi connectivity index (χ0v) is 10.8. The fourth-order valence-corrected chi connectivity index (χ4v) is 1.62. The van der Waals surface area contributed by atoms with Crippen LogP contribution in [0.5, 0.6) is 0 Å². The second-order valence-electron chi connectivity index (χ2n) is 4.64. The SMILES string of the molecule is CCN(CCCO)CC(C)CNC(C)C. The summed E-state index contributed by atoms with van der Waals surface area (Å²) in [6.45, 7) is 13.4. The maximum absolute atomic E-state index is 8.78. The molecule has 0 spiro atoms. The van der Waals surface area contributed by atoms with E-state index in [1.165, 1.54) is 0 Å². The quantitative estimate of drug-likeness (QED) is 0.610. The van der Waals surface area contributed by atoms with Gasteiger partial charge < -0.3 is 15.3 Å². The van der Waals surface area contributed by atoms with Crippen molar-refractivity contribution in [3.05, 3.63) is 0 Å². The molecule has 0 radical (unpaired) electrons. The van der Waals surface area contributed by atoms with E-state index in [1.807, 2.05) is 0 Å². The molecule has 0 heterocycles. The van der Waals surface area contributed by atoms with Crippen molar-refractivity contribution in [3.63, 3.8) is 0 Å². The van der Waals surface area contributed by atoms with Gasteiger partial charge in [0.15, 0.2) is 0 Å². The van der Waals surface area contributed by atoms with Crippen molar-refractivity contribution in [1.82, 2.24) is 10.2 Å². The lowest BCUT2D eigenvalue weighted by Gasteiger charge is -2.24. The van der Waals surface area contributed by atoms with Gasteiger partial charge in [-0.15, -0.1) is 0 Å². The summed E-state index contributed by atoms with van der Waals surface area (Å²) in [5, 5.41) is 12.2. The van der Waals surface area contributed by atoms with Crippen molar-refractivity contribution in [3.8, 4) is 0 Å². The Kier molecular flexibility index (Phi) is 9.06. The Hall–Kier alpha value is -0.120. The Bertz CT molecular complexity index is 140. The highest BCUT2D eigenvalue weighted by Gasteiger charge is 2.08. The molecule has 1 atom stereocenters. The van der Waals surface area contributed by atoms with Crippen LogP contribution in [0.3, 0.4) is 0 Å². The highest BCUT2D eigenvalue weighted by molar-refractivity contribution is 4.65. The Morgan fingerprint density at radius 3 is 2.40 bits per heavy atom. The fourth-order valence-electron chi connectivity index (χ4n) is 1.62. The number of hydrogen-bond acceptors (Lipinski definition) is 3. The third kappa shape index (κ3) is 8.85. The predicted octanol–water partition coefficient (Wildman–Crippen LogP) is 1.32. The van der Waals surface area contributed by atoms with Crippen molar-refractivity contribution in [1.29, 1.82) is 0 Å². The number of hydrogen-bond donors (Lipinski definition) is 2. The average molecular weight is 216 g/mol. The molecule has 15 heavy (non-hydrogen) atoms. The largest absolute Gasteiger partial charge is 0.396 e. The standard InChI is InChI=1S/C12H28N2O/c1-5-14(7-6-8-15)10-12(4)9-13-11(2)3/h11-13,15H,5-10H2,1-4H3. The molecule has 0 aromatic rings. The highest BCUT2D eigenvalue weighted by atomic mass is 16.3. The molecule has 1 unspecified atom stereocenters. The lowest BCUT2D eigenvalue weighted by atomic mass is 10.1. The van der Waals surface area contributed by atoms with Crippen LogP contribution in [0.2, 0.25) is 0 Å². The molecule has 0 bridgehead atoms. The van der Waals surface area contributed by atoms with E-state index in [2.05, 4.69) is 37.9 Å². The van der Waals surface area contributed by atoms with Crippen LogP contribution >= 0.6 is 0 Å². The van der Waals surface area contributed by atoms with Gasteiger partial charge in [-0.25, -0.2) is 0 Å². The van der Waals surface area contributed by atoms with E-state index in [9.17, 15) is 0 Å². The number of aliphatic hydroxyl groups is 1. The molecular weight excluding hydrogens is 188 g/mol. The van der Waals surface area contributed by atoms with E-state index in [1.54, 1.807) is 0 Å². The van der Waals surface area contributed by atoms with Crippen LogP contribution in [0.15, 0.2) is 0 Å². The van der Waals surface area contributed by atoms with E-state index in [4.69, 9.17) is 5.11 Å². The molecule has 0 rings (SSSR count). The minimum atomic E-state index is 0.301. The topological polar surface area (TPSA) is 35.5 Å². The molecule has 0 saturated carbocycles. The van der Waals surface area contributed by atoms with Crippen LogP contribution in [-0.2, 0) is 0 Å².